The molecule has 2 rings (SSSR count). The van der Waals surface area contributed by atoms with E-state index in [9.17, 15) is 13.6 Å². The van der Waals surface area contributed by atoms with Crippen LogP contribution in [0.15, 0.2) is 28.6 Å². The number of rotatable bonds is 5. The van der Waals surface area contributed by atoms with Crippen molar-refractivity contribution in [3.05, 3.63) is 34.8 Å². The number of carbonyl (C=O) groups is 1. The van der Waals surface area contributed by atoms with Crippen LogP contribution in [-0.2, 0) is 4.79 Å². The molecule has 0 unspecified atom stereocenters. The van der Waals surface area contributed by atoms with Crippen molar-refractivity contribution in [1.82, 2.24) is 10.2 Å². The van der Waals surface area contributed by atoms with E-state index >= 15 is 0 Å². The molecule has 0 spiro atoms. The van der Waals surface area contributed by atoms with Crippen LogP contribution in [0.2, 0.25) is 0 Å². The number of alkyl halides is 2. The Morgan fingerprint density at radius 2 is 2.15 bits per heavy atom. The fourth-order valence-corrected chi connectivity index (χ4v) is 3.07. The van der Waals surface area contributed by atoms with Crippen molar-refractivity contribution in [3.8, 4) is 0 Å². The molecule has 0 bridgehead atoms. The van der Waals surface area contributed by atoms with Gasteiger partial charge in [-0.1, -0.05) is 41.3 Å². The Morgan fingerprint density at radius 3 is 2.80 bits per heavy atom. The Morgan fingerprint density at radius 1 is 1.40 bits per heavy atom. The second kappa shape index (κ2) is 6.76. The Hall–Kier alpha value is -1.54. The van der Waals surface area contributed by atoms with Crippen molar-refractivity contribution in [3.63, 3.8) is 0 Å². The molecule has 1 N–H and O–H groups in total. The zero-order valence-corrected chi connectivity index (χ0v) is 12.1. The summed E-state index contributed by atoms with van der Waals surface area (Å²) >= 11 is 2.61. The normalized spacial score (nSPS) is 10.8. The number of nitrogens with zero attached hydrogens (tertiary/aromatic N) is 2. The topological polar surface area (TPSA) is 54.9 Å². The molecule has 0 radical (unpaired) electrons. The van der Waals surface area contributed by atoms with Crippen LogP contribution in [-0.4, -0.2) is 21.9 Å². The first kappa shape index (κ1) is 14.9. The highest BCUT2D eigenvalue weighted by Crippen LogP contribution is 2.27. The molecule has 1 aromatic carbocycles. The van der Waals surface area contributed by atoms with Crippen molar-refractivity contribution in [2.45, 2.75) is 17.7 Å². The van der Waals surface area contributed by atoms with Gasteiger partial charge in [0.1, 0.15) is 5.01 Å². The number of hydrogen-bond donors (Lipinski definition) is 1. The molecule has 0 atom stereocenters. The monoisotopic (exact) mass is 315 g/mol. The number of thioether (sulfide) groups is 1. The summed E-state index contributed by atoms with van der Waals surface area (Å²) in [6.07, 6.45) is -2.62. The van der Waals surface area contributed by atoms with Crippen molar-refractivity contribution in [2.75, 3.05) is 11.1 Å². The average Bonchev–Trinajstić information content (AvgIpc) is 2.83. The number of hydrogen-bond acceptors (Lipinski definition) is 5. The van der Waals surface area contributed by atoms with Gasteiger partial charge in [0, 0.05) is 11.3 Å². The number of aromatic nitrogens is 2. The molecule has 0 saturated carbocycles. The van der Waals surface area contributed by atoms with Gasteiger partial charge in [-0.2, -0.15) is 0 Å². The second-order valence-corrected chi connectivity index (χ2v) is 6.22. The molecule has 0 aliphatic rings. The molecule has 20 heavy (non-hydrogen) atoms. The minimum atomic E-state index is -2.62. The summed E-state index contributed by atoms with van der Waals surface area (Å²) in [5.41, 5.74) is -0.0424. The molecule has 0 aliphatic carbocycles. The highest BCUT2D eigenvalue weighted by Gasteiger charge is 2.14. The third-order valence-electron chi connectivity index (χ3n) is 2.30. The van der Waals surface area contributed by atoms with E-state index in [4.69, 9.17) is 0 Å². The number of halogens is 2. The molecule has 8 heteroatoms. The highest BCUT2D eigenvalue weighted by atomic mass is 32.2. The third-order valence-corrected chi connectivity index (χ3v) is 4.28. The lowest BCUT2D eigenvalue weighted by molar-refractivity contribution is -0.113. The summed E-state index contributed by atoms with van der Waals surface area (Å²) in [4.78, 5) is 11.7. The summed E-state index contributed by atoms with van der Waals surface area (Å²) in [7, 11) is 0. The van der Waals surface area contributed by atoms with Gasteiger partial charge >= 0.3 is 0 Å². The smallest absolute Gasteiger partial charge is 0.265 e. The Kier molecular flexibility index (Phi) is 5.02. The maximum Gasteiger partial charge on any atom is 0.265 e. The second-order valence-electron chi connectivity index (χ2n) is 3.81. The fourth-order valence-electron chi connectivity index (χ4n) is 1.45. The van der Waals surface area contributed by atoms with Crippen LogP contribution in [0.5, 0.6) is 0 Å². The SMILES string of the molecule is Cc1nnc(SCC(=O)Nc2ccccc2C(F)F)s1. The van der Waals surface area contributed by atoms with Crippen LogP contribution in [0.4, 0.5) is 14.5 Å². The number of amides is 1. The molecule has 1 amide bonds. The maximum absolute atomic E-state index is 12.8. The summed E-state index contributed by atoms with van der Waals surface area (Å²) < 4.78 is 26.2. The molecule has 0 aliphatic heterocycles. The van der Waals surface area contributed by atoms with Gasteiger partial charge in [0.2, 0.25) is 5.91 Å². The first-order valence-electron chi connectivity index (χ1n) is 5.66. The van der Waals surface area contributed by atoms with Gasteiger partial charge in [0.15, 0.2) is 4.34 Å². The predicted octanol–water partition coefficient (Wildman–Crippen LogP) is 3.51. The first-order valence-corrected chi connectivity index (χ1v) is 7.46. The molecule has 4 nitrogen and oxygen atoms in total. The van der Waals surface area contributed by atoms with E-state index in [0.717, 1.165) is 5.01 Å². The van der Waals surface area contributed by atoms with Gasteiger partial charge in [-0.25, -0.2) is 8.78 Å². The van der Waals surface area contributed by atoms with Crippen molar-refractivity contribution >= 4 is 34.7 Å². The van der Waals surface area contributed by atoms with Gasteiger partial charge in [-0.15, -0.1) is 10.2 Å². The molecule has 0 saturated heterocycles. The predicted molar refractivity (Wildman–Crippen MR) is 75.4 cm³/mol. The Labute approximate surface area is 122 Å². The van der Waals surface area contributed by atoms with Crippen molar-refractivity contribution in [1.29, 1.82) is 0 Å². The van der Waals surface area contributed by atoms with Crippen LogP contribution in [0, 0.1) is 6.92 Å². The van der Waals surface area contributed by atoms with E-state index in [1.165, 1.54) is 41.3 Å². The zero-order valence-electron chi connectivity index (χ0n) is 10.5. The molecular weight excluding hydrogens is 304 g/mol. The van der Waals surface area contributed by atoms with Crippen LogP contribution in [0.3, 0.4) is 0 Å². The van der Waals surface area contributed by atoms with Gasteiger partial charge < -0.3 is 5.32 Å². The standard InChI is InChI=1S/C12H11F2N3OS2/c1-7-16-17-12(20-7)19-6-10(18)15-9-5-3-2-4-8(9)11(13)14/h2-5,11H,6H2,1H3,(H,15,18). The molecule has 1 heterocycles. The molecule has 1 aromatic heterocycles. The highest BCUT2D eigenvalue weighted by molar-refractivity contribution is 8.01. The summed E-state index contributed by atoms with van der Waals surface area (Å²) in [6.45, 7) is 1.82. The van der Waals surface area contributed by atoms with E-state index in [1.807, 2.05) is 6.92 Å². The van der Waals surface area contributed by atoms with Crippen molar-refractivity contribution in [2.24, 2.45) is 0 Å². The Bertz CT molecular complexity index is 604. The van der Waals surface area contributed by atoms with E-state index in [0.29, 0.717) is 4.34 Å². The lowest BCUT2D eigenvalue weighted by atomic mass is 10.2. The van der Waals surface area contributed by atoms with Gasteiger partial charge in [-0.3, -0.25) is 4.79 Å². The minimum absolute atomic E-state index is 0.103. The molecule has 0 fully saturated rings. The number of benzene rings is 1. The minimum Gasteiger partial charge on any atom is -0.325 e. The van der Waals surface area contributed by atoms with Crippen LogP contribution >= 0.6 is 23.1 Å². The van der Waals surface area contributed by atoms with Gasteiger partial charge in [0.25, 0.3) is 6.43 Å². The van der Waals surface area contributed by atoms with E-state index < -0.39 is 6.43 Å². The van der Waals surface area contributed by atoms with E-state index in [1.54, 1.807) is 6.07 Å². The molecule has 106 valence electrons. The van der Waals surface area contributed by atoms with Crippen LogP contribution in [0.25, 0.3) is 0 Å². The number of nitrogens with one attached hydrogen (secondary N) is 1. The van der Waals surface area contributed by atoms with Gasteiger partial charge in [-0.05, 0) is 13.0 Å². The lowest BCUT2D eigenvalue weighted by Gasteiger charge is -2.09. The van der Waals surface area contributed by atoms with Crippen LogP contribution in [0.1, 0.15) is 17.0 Å². The van der Waals surface area contributed by atoms with E-state index in [-0.39, 0.29) is 22.9 Å². The van der Waals surface area contributed by atoms with Crippen molar-refractivity contribution < 1.29 is 13.6 Å². The summed E-state index contributed by atoms with van der Waals surface area (Å²) in [5.74, 6) is -0.248. The number of anilines is 1. The number of para-hydroxylation sites is 1. The maximum atomic E-state index is 12.8. The lowest BCUT2D eigenvalue weighted by Crippen LogP contribution is -2.15. The molecular formula is C12H11F2N3OS2. The quantitative estimate of drug-likeness (QED) is 0.858. The Balaban J connectivity index is 1.94. The molecule has 2 aromatic rings. The summed E-state index contributed by atoms with van der Waals surface area (Å²) in [5, 5.41) is 11.0. The third kappa shape index (κ3) is 3.97. The van der Waals surface area contributed by atoms with Crippen LogP contribution < -0.4 is 5.32 Å². The van der Waals surface area contributed by atoms with E-state index in [2.05, 4.69) is 15.5 Å². The number of carbonyl (C=O) groups excluding carboxylic acids is 1. The average molecular weight is 315 g/mol. The summed E-state index contributed by atoms with van der Waals surface area (Å²) in [6, 6.07) is 5.86. The van der Waals surface area contributed by atoms with Gasteiger partial charge in [0.05, 0.1) is 5.75 Å². The number of aryl methyl sites for hydroxylation is 1. The fraction of sp³-hybridized carbons (Fsp3) is 0.250. The largest absolute Gasteiger partial charge is 0.325 e. The first-order chi connectivity index (χ1) is 9.56. The zero-order chi connectivity index (χ0) is 14.5.